The van der Waals surface area contributed by atoms with Crippen LogP contribution in [0.2, 0.25) is 0 Å². The highest BCUT2D eigenvalue weighted by atomic mass is 16.5. The second-order valence-corrected chi connectivity index (χ2v) is 4.88. The summed E-state index contributed by atoms with van der Waals surface area (Å²) in [6.45, 7) is 7.00. The molecule has 96 valence electrons. The van der Waals surface area contributed by atoms with Crippen LogP contribution in [0.4, 0.5) is 0 Å². The lowest BCUT2D eigenvalue weighted by molar-refractivity contribution is -0.143. The Labute approximate surface area is 101 Å². The van der Waals surface area contributed by atoms with Gasteiger partial charge < -0.3 is 4.74 Å². The van der Waals surface area contributed by atoms with Crippen molar-refractivity contribution in [1.29, 1.82) is 0 Å². The van der Waals surface area contributed by atoms with E-state index in [9.17, 15) is 4.79 Å². The number of carbonyl (C=O) groups is 1. The van der Waals surface area contributed by atoms with Gasteiger partial charge in [0, 0.05) is 6.42 Å². The van der Waals surface area contributed by atoms with Gasteiger partial charge in [0.15, 0.2) is 0 Å². The Kier molecular flexibility index (Phi) is 10.6. The van der Waals surface area contributed by atoms with E-state index in [1.54, 1.807) is 0 Å². The highest BCUT2D eigenvalue weighted by Crippen LogP contribution is 2.11. The van der Waals surface area contributed by atoms with Crippen LogP contribution in [-0.4, -0.2) is 12.6 Å². The fraction of sp³-hybridized carbons (Fsp3) is 0.929. The molecule has 0 aliphatic carbocycles. The van der Waals surface area contributed by atoms with Gasteiger partial charge in [0.05, 0.1) is 6.61 Å². The molecule has 2 nitrogen and oxygen atoms in total. The van der Waals surface area contributed by atoms with Gasteiger partial charge in [0.25, 0.3) is 0 Å². The molecule has 0 aromatic carbocycles. The van der Waals surface area contributed by atoms with E-state index >= 15 is 0 Å². The molecule has 0 saturated carbocycles. The van der Waals surface area contributed by atoms with Gasteiger partial charge in [-0.25, -0.2) is 0 Å². The van der Waals surface area contributed by atoms with Gasteiger partial charge in [-0.15, -0.1) is 0 Å². The van der Waals surface area contributed by atoms with Crippen LogP contribution in [0.3, 0.4) is 0 Å². The molecule has 0 rings (SSSR count). The Morgan fingerprint density at radius 2 is 1.56 bits per heavy atom. The Balaban J connectivity index is 3.01. The molecule has 0 unspecified atom stereocenters. The molecule has 0 saturated heterocycles. The summed E-state index contributed by atoms with van der Waals surface area (Å²) in [4.78, 5) is 10.8. The normalized spacial score (nSPS) is 10.8. The van der Waals surface area contributed by atoms with Crippen molar-refractivity contribution in [1.82, 2.24) is 0 Å². The lowest BCUT2D eigenvalue weighted by atomic mass is 10.0. The quantitative estimate of drug-likeness (QED) is 0.411. The highest BCUT2D eigenvalue weighted by molar-refractivity contribution is 5.68. The van der Waals surface area contributed by atoms with Gasteiger partial charge in [0.1, 0.15) is 0 Å². The summed E-state index contributed by atoms with van der Waals surface area (Å²) in [5.74, 6) is 0.769. The van der Waals surface area contributed by atoms with Crippen LogP contribution in [-0.2, 0) is 9.53 Å². The molecule has 0 heterocycles. The maximum atomic E-state index is 10.8. The van der Waals surface area contributed by atoms with Crippen molar-refractivity contribution < 1.29 is 9.53 Å². The Morgan fingerprint density at radius 1 is 1.00 bits per heavy atom. The molecule has 16 heavy (non-hydrogen) atoms. The minimum absolute atomic E-state index is 0.0723. The first kappa shape index (κ1) is 15.5. The van der Waals surface area contributed by atoms with Crippen molar-refractivity contribution in [2.24, 2.45) is 5.92 Å². The number of carbonyl (C=O) groups excluding carboxylic acids is 1. The van der Waals surface area contributed by atoms with Crippen LogP contribution in [0.25, 0.3) is 0 Å². The summed E-state index contributed by atoms with van der Waals surface area (Å²) in [6.07, 6.45) is 9.39. The topological polar surface area (TPSA) is 26.3 Å². The van der Waals surface area contributed by atoms with Gasteiger partial charge in [-0.2, -0.15) is 0 Å². The second kappa shape index (κ2) is 11.0. The maximum absolute atomic E-state index is 10.8. The van der Waals surface area contributed by atoms with E-state index < -0.39 is 0 Å². The molecule has 0 aromatic heterocycles. The van der Waals surface area contributed by atoms with Crippen molar-refractivity contribution in [3.05, 3.63) is 0 Å². The SMILES string of the molecule is CCC(=O)OCCCCCCCCC(C)C. The molecular formula is C14H28O2. The van der Waals surface area contributed by atoms with Gasteiger partial charge in [-0.1, -0.05) is 59.3 Å². The first-order valence-corrected chi connectivity index (χ1v) is 6.82. The van der Waals surface area contributed by atoms with E-state index in [4.69, 9.17) is 4.74 Å². The lowest BCUT2D eigenvalue weighted by Crippen LogP contribution is -2.03. The third kappa shape index (κ3) is 11.5. The molecule has 0 aliphatic rings. The van der Waals surface area contributed by atoms with Gasteiger partial charge >= 0.3 is 5.97 Å². The zero-order chi connectivity index (χ0) is 12.2. The molecular weight excluding hydrogens is 200 g/mol. The third-order valence-corrected chi connectivity index (χ3v) is 2.73. The first-order chi connectivity index (χ1) is 7.66. The van der Waals surface area contributed by atoms with Gasteiger partial charge in [0.2, 0.25) is 0 Å². The molecule has 0 atom stereocenters. The van der Waals surface area contributed by atoms with E-state index in [0.29, 0.717) is 13.0 Å². The predicted octanol–water partition coefficient (Wildman–Crippen LogP) is 4.33. The molecule has 0 fully saturated rings. The summed E-state index contributed by atoms with van der Waals surface area (Å²) >= 11 is 0. The fourth-order valence-electron chi connectivity index (χ4n) is 1.65. The summed E-state index contributed by atoms with van der Waals surface area (Å²) < 4.78 is 5.01. The predicted molar refractivity (Wildman–Crippen MR) is 68.4 cm³/mol. The molecule has 0 aromatic rings. The zero-order valence-electron chi connectivity index (χ0n) is 11.3. The van der Waals surface area contributed by atoms with Crippen molar-refractivity contribution >= 4 is 5.97 Å². The third-order valence-electron chi connectivity index (χ3n) is 2.73. The van der Waals surface area contributed by atoms with Crippen LogP contribution in [0.15, 0.2) is 0 Å². The number of hydrogen-bond acceptors (Lipinski definition) is 2. The second-order valence-electron chi connectivity index (χ2n) is 4.88. The minimum Gasteiger partial charge on any atom is -0.466 e. The number of unbranched alkanes of at least 4 members (excludes halogenated alkanes) is 5. The first-order valence-electron chi connectivity index (χ1n) is 6.82. The average Bonchev–Trinajstić information content (AvgIpc) is 2.26. The maximum Gasteiger partial charge on any atom is 0.305 e. The molecule has 0 bridgehead atoms. The lowest BCUT2D eigenvalue weighted by Gasteiger charge is -2.05. The van der Waals surface area contributed by atoms with Crippen molar-refractivity contribution in [2.75, 3.05) is 6.61 Å². The number of rotatable bonds is 10. The monoisotopic (exact) mass is 228 g/mol. The van der Waals surface area contributed by atoms with Crippen molar-refractivity contribution in [3.8, 4) is 0 Å². The van der Waals surface area contributed by atoms with Crippen LogP contribution in [0, 0.1) is 5.92 Å². The number of esters is 1. The molecule has 0 aliphatic heterocycles. The van der Waals surface area contributed by atoms with Crippen LogP contribution >= 0.6 is 0 Å². The van der Waals surface area contributed by atoms with E-state index in [2.05, 4.69) is 13.8 Å². The molecule has 2 heteroatoms. The van der Waals surface area contributed by atoms with E-state index in [1.807, 2.05) is 6.92 Å². The van der Waals surface area contributed by atoms with Gasteiger partial charge in [-0.05, 0) is 12.3 Å². The summed E-state index contributed by atoms with van der Waals surface area (Å²) in [7, 11) is 0. The summed E-state index contributed by atoms with van der Waals surface area (Å²) in [5, 5.41) is 0. The minimum atomic E-state index is -0.0723. The smallest absolute Gasteiger partial charge is 0.305 e. The Bertz CT molecular complexity index is 164. The van der Waals surface area contributed by atoms with E-state index in [0.717, 1.165) is 12.3 Å². The van der Waals surface area contributed by atoms with E-state index in [-0.39, 0.29) is 5.97 Å². The largest absolute Gasteiger partial charge is 0.466 e. The average molecular weight is 228 g/mol. The van der Waals surface area contributed by atoms with Crippen molar-refractivity contribution in [3.63, 3.8) is 0 Å². The molecule has 0 spiro atoms. The number of hydrogen-bond donors (Lipinski definition) is 0. The van der Waals surface area contributed by atoms with Crippen LogP contribution in [0.5, 0.6) is 0 Å². The summed E-state index contributed by atoms with van der Waals surface area (Å²) in [6, 6.07) is 0. The number of ether oxygens (including phenoxy) is 1. The Morgan fingerprint density at radius 3 is 2.12 bits per heavy atom. The van der Waals surface area contributed by atoms with Crippen molar-refractivity contribution in [2.45, 2.75) is 72.1 Å². The Hall–Kier alpha value is -0.530. The highest BCUT2D eigenvalue weighted by Gasteiger charge is 1.98. The fourth-order valence-corrected chi connectivity index (χ4v) is 1.65. The van der Waals surface area contributed by atoms with Gasteiger partial charge in [-0.3, -0.25) is 4.79 Å². The molecule has 0 amide bonds. The van der Waals surface area contributed by atoms with E-state index in [1.165, 1.54) is 38.5 Å². The summed E-state index contributed by atoms with van der Waals surface area (Å²) in [5.41, 5.74) is 0. The standard InChI is InChI=1S/C14H28O2/c1-4-14(15)16-12-10-8-6-5-7-9-11-13(2)3/h13H,4-12H2,1-3H3. The molecule has 0 N–H and O–H groups in total. The zero-order valence-corrected chi connectivity index (χ0v) is 11.3. The van der Waals surface area contributed by atoms with Crippen LogP contribution in [0.1, 0.15) is 72.1 Å². The molecule has 0 radical (unpaired) electrons. The van der Waals surface area contributed by atoms with Crippen LogP contribution < -0.4 is 0 Å².